The molecule has 20 heavy (non-hydrogen) atoms. The number of halogens is 1. The van der Waals surface area contributed by atoms with E-state index in [9.17, 15) is 4.39 Å². The van der Waals surface area contributed by atoms with E-state index in [1.54, 1.807) is 24.3 Å². The predicted molar refractivity (Wildman–Crippen MR) is 72.9 cm³/mol. The number of nitrogens with zero attached hydrogens (tertiary/aromatic N) is 1. The topological polar surface area (TPSA) is 68.3 Å². The highest BCUT2D eigenvalue weighted by Crippen LogP contribution is 2.28. The van der Waals surface area contributed by atoms with Gasteiger partial charge in [-0.1, -0.05) is 6.07 Å². The Morgan fingerprint density at radius 1 is 1.20 bits per heavy atom. The van der Waals surface area contributed by atoms with Gasteiger partial charge in [0.05, 0.1) is 24.4 Å². The molecular weight excluding hydrogens is 259 g/mol. The van der Waals surface area contributed by atoms with Gasteiger partial charge in [0.25, 0.3) is 0 Å². The Balaban J connectivity index is 2.14. The molecule has 0 amide bonds. The van der Waals surface area contributed by atoms with Crippen LogP contribution < -0.4 is 15.2 Å². The average Bonchev–Trinajstić information content (AvgIpc) is 2.48. The number of benzene rings is 2. The summed E-state index contributed by atoms with van der Waals surface area (Å²) in [6.45, 7) is 0.180. The summed E-state index contributed by atoms with van der Waals surface area (Å²) in [6.07, 6.45) is 0. The Kier molecular flexibility index (Phi) is 4.06. The normalized spacial score (nSPS) is 9.85. The van der Waals surface area contributed by atoms with E-state index in [0.717, 1.165) is 0 Å². The highest BCUT2D eigenvalue weighted by Gasteiger charge is 2.07. The van der Waals surface area contributed by atoms with Crippen LogP contribution in [-0.2, 0) is 6.61 Å². The van der Waals surface area contributed by atoms with Crippen molar-refractivity contribution >= 4 is 5.69 Å². The molecule has 4 nitrogen and oxygen atoms in total. The van der Waals surface area contributed by atoms with Crippen molar-refractivity contribution in [3.05, 3.63) is 53.3 Å². The molecular formula is C15H13FN2O2. The Morgan fingerprint density at radius 2 is 2.00 bits per heavy atom. The minimum Gasteiger partial charge on any atom is -0.493 e. The molecule has 102 valence electrons. The second kappa shape index (κ2) is 5.93. The fraction of sp³-hybridized carbons (Fsp3) is 0.133. The maximum Gasteiger partial charge on any atom is 0.162 e. The van der Waals surface area contributed by atoms with Gasteiger partial charge in [-0.15, -0.1) is 0 Å². The van der Waals surface area contributed by atoms with E-state index < -0.39 is 5.82 Å². The van der Waals surface area contributed by atoms with Gasteiger partial charge >= 0.3 is 0 Å². The molecule has 0 saturated carbocycles. The number of nitrogens with two attached hydrogens (primary N) is 1. The third-order valence-electron chi connectivity index (χ3n) is 2.75. The monoisotopic (exact) mass is 272 g/mol. The van der Waals surface area contributed by atoms with E-state index in [0.29, 0.717) is 22.6 Å². The standard InChI is InChI=1S/C15H13FN2O2/c1-19-15-7-10(8-17)3-5-14(15)20-9-11-2-4-13(18)12(16)6-11/h2-7H,9,18H2,1H3. The molecule has 0 aliphatic heterocycles. The summed E-state index contributed by atoms with van der Waals surface area (Å²) in [5.41, 5.74) is 6.64. The molecule has 0 saturated heterocycles. The summed E-state index contributed by atoms with van der Waals surface area (Å²) >= 11 is 0. The summed E-state index contributed by atoms with van der Waals surface area (Å²) in [4.78, 5) is 0. The Labute approximate surface area is 116 Å². The third-order valence-corrected chi connectivity index (χ3v) is 2.75. The van der Waals surface area contributed by atoms with Crippen LogP contribution in [0, 0.1) is 17.1 Å². The second-order valence-electron chi connectivity index (χ2n) is 4.12. The van der Waals surface area contributed by atoms with Crippen LogP contribution in [0.3, 0.4) is 0 Å². The van der Waals surface area contributed by atoms with E-state index >= 15 is 0 Å². The summed E-state index contributed by atoms with van der Waals surface area (Å²) in [6, 6.07) is 11.4. The van der Waals surface area contributed by atoms with Crippen LogP contribution in [0.15, 0.2) is 36.4 Å². The van der Waals surface area contributed by atoms with Gasteiger partial charge < -0.3 is 15.2 Å². The number of nitrogen functional groups attached to an aromatic ring is 1. The van der Waals surface area contributed by atoms with Gasteiger partial charge in [0.15, 0.2) is 11.5 Å². The lowest BCUT2D eigenvalue weighted by molar-refractivity contribution is 0.284. The van der Waals surface area contributed by atoms with Crippen LogP contribution in [0.2, 0.25) is 0 Å². The molecule has 0 aliphatic carbocycles. The number of hydrogen-bond acceptors (Lipinski definition) is 4. The van der Waals surface area contributed by atoms with Crippen molar-refractivity contribution in [2.75, 3.05) is 12.8 Å². The van der Waals surface area contributed by atoms with Gasteiger partial charge in [0.2, 0.25) is 0 Å². The summed E-state index contributed by atoms with van der Waals surface area (Å²) in [5.74, 6) is 0.474. The molecule has 5 heteroatoms. The van der Waals surface area contributed by atoms with E-state index in [4.69, 9.17) is 20.5 Å². The molecule has 0 aromatic heterocycles. The molecule has 0 radical (unpaired) electrons. The first kappa shape index (κ1) is 13.7. The lowest BCUT2D eigenvalue weighted by Gasteiger charge is -2.11. The summed E-state index contributed by atoms with van der Waals surface area (Å²) in [7, 11) is 1.49. The predicted octanol–water partition coefficient (Wildman–Crippen LogP) is 2.87. The average molecular weight is 272 g/mol. The summed E-state index contributed by atoms with van der Waals surface area (Å²) in [5, 5.41) is 8.81. The number of nitriles is 1. The van der Waals surface area contributed by atoms with Crippen molar-refractivity contribution in [1.29, 1.82) is 5.26 Å². The molecule has 2 aromatic rings. The fourth-order valence-corrected chi connectivity index (χ4v) is 1.68. The Hall–Kier alpha value is -2.74. The van der Waals surface area contributed by atoms with Crippen molar-refractivity contribution in [3.63, 3.8) is 0 Å². The van der Waals surface area contributed by atoms with Crippen molar-refractivity contribution in [2.24, 2.45) is 0 Å². The minimum absolute atomic E-state index is 0.102. The molecule has 2 aromatic carbocycles. The van der Waals surface area contributed by atoms with E-state index in [1.807, 2.05) is 6.07 Å². The zero-order valence-corrected chi connectivity index (χ0v) is 10.9. The van der Waals surface area contributed by atoms with Gasteiger partial charge in [-0.2, -0.15) is 5.26 Å². The van der Waals surface area contributed by atoms with Crippen LogP contribution in [-0.4, -0.2) is 7.11 Å². The first-order chi connectivity index (χ1) is 9.63. The van der Waals surface area contributed by atoms with Crippen molar-refractivity contribution in [2.45, 2.75) is 6.61 Å². The lowest BCUT2D eigenvalue weighted by atomic mass is 10.2. The largest absolute Gasteiger partial charge is 0.493 e. The van der Waals surface area contributed by atoms with Crippen molar-refractivity contribution < 1.29 is 13.9 Å². The molecule has 0 aliphatic rings. The number of hydrogen-bond donors (Lipinski definition) is 1. The second-order valence-corrected chi connectivity index (χ2v) is 4.12. The minimum atomic E-state index is -0.474. The molecule has 2 rings (SSSR count). The smallest absolute Gasteiger partial charge is 0.162 e. The van der Waals surface area contributed by atoms with Gasteiger partial charge in [-0.05, 0) is 29.8 Å². The molecule has 0 spiro atoms. The van der Waals surface area contributed by atoms with E-state index in [1.165, 1.54) is 19.2 Å². The fourth-order valence-electron chi connectivity index (χ4n) is 1.68. The van der Waals surface area contributed by atoms with Crippen molar-refractivity contribution in [1.82, 2.24) is 0 Å². The molecule has 0 atom stereocenters. The van der Waals surface area contributed by atoms with Crippen molar-refractivity contribution in [3.8, 4) is 17.6 Å². The first-order valence-electron chi connectivity index (χ1n) is 5.89. The lowest BCUT2D eigenvalue weighted by Crippen LogP contribution is -1.99. The number of rotatable bonds is 4. The van der Waals surface area contributed by atoms with Crippen LogP contribution in [0.1, 0.15) is 11.1 Å². The van der Waals surface area contributed by atoms with Crippen LogP contribution in [0.25, 0.3) is 0 Å². The Morgan fingerprint density at radius 3 is 2.65 bits per heavy atom. The molecule has 0 fully saturated rings. The number of anilines is 1. The number of methoxy groups -OCH3 is 1. The van der Waals surface area contributed by atoms with Gasteiger partial charge in [-0.25, -0.2) is 4.39 Å². The van der Waals surface area contributed by atoms with Crippen LogP contribution >= 0.6 is 0 Å². The zero-order valence-electron chi connectivity index (χ0n) is 10.9. The van der Waals surface area contributed by atoms with Gasteiger partial charge in [0, 0.05) is 6.07 Å². The third kappa shape index (κ3) is 2.98. The van der Waals surface area contributed by atoms with Crippen LogP contribution in [0.4, 0.5) is 10.1 Å². The number of ether oxygens (including phenoxy) is 2. The van der Waals surface area contributed by atoms with E-state index in [2.05, 4.69) is 0 Å². The Bertz CT molecular complexity index is 665. The molecule has 2 N–H and O–H groups in total. The van der Waals surface area contributed by atoms with E-state index in [-0.39, 0.29) is 12.3 Å². The quantitative estimate of drug-likeness (QED) is 0.869. The maximum absolute atomic E-state index is 13.3. The zero-order chi connectivity index (χ0) is 14.5. The SMILES string of the molecule is COc1cc(C#N)ccc1OCc1ccc(N)c(F)c1. The highest BCUT2D eigenvalue weighted by molar-refractivity contribution is 5.47. The van der Waals surface area contributed by atoms with Gasteiger partial charge in [-0.3, -0.25) is 0 Å². The maximum atomic E-state index is 13.3. The first-order valence-corrected chi connectivity index (χ1v) is 5.89. The summed E-state index contributed by atoms with van der Waals surface area (Å²) < 4.78 is 24.0. The van der Waals surface area contributed by atoms with Crippen LogP contribution in [0.5, 0.6) is 11.5 Å². The molecule has 0 unspecified atom stereocenters. The molecule has 0 bridgehead atoms. The van der Waals surface area contributed by atoms with Gasteiger partial charge in [0.1, 0.15) is 12.4 Å². The highest BCUT2D eigenvalue weighted by atomic mass is 19.1. The molecule has 0 heterocycles.